The van der Waals surface area contributed by atoms with Gasteiger partial charge < -0.3 is 0 Å². The van der Waals surface area contributed by atoms with Gasteiger partial charge in [0.2, 0.25) is 11.8 Å². The van der Waals surface area contributed by atoms with Crippen LogP contribution in [0.3, 0.4) is 0 Å². The second-order valence-electron chi connectivity index (χ2n) is 7.90. The Kier molecular flexibility index (Phi) is 4.48. The van der Waals surface area contributed by atoms with E-state index in [9.17, 15) is 9.59 Å². The van der Waals surface area contributed by atoms with Crippen molar-refractivity contribution in [2.45, 2.75) is 61.3 Å². The molecule has 1 aliphatic heterocycles. The van der Waals surface area contributed by atoms with Crippen molar-refractivity contribution in [2.75, 3.05) is 6.54 Å². The molecule has 0 saturated carbocycles. The van der Waals surface area contributed by atoms with E-state index in [1.807, 2.05) is 6.92 Å². The van der Waals surface area contributed by atoms with Crippen LogP contribution in [0.4, 0.5) is 0 Å². The van der Waals surface area contributed by atoms with E-state index in [2.05, 4.69) is 41.5 Å². The Hall–Kier alpha value is -0.860. The molecule has 2 atom stereocenters. The summed E-state index contributed by atoms with van der Waals surface area (Å²) in [5.41, 5.74) is -0.136. The largest absolute Gasteiger partial charge is 0.282 e. The van der Waals surface area contributed by atoms with Crippen molar-refractivity contribution in [2.24, 2.45) is 22.7 Å². The van der Waals surface area contributed by atoms with Crippen molar-refractivity contribution >= 4 is 11.8 Å². The van der Waals surface area contributed by atoms with Gasteiger partial charge in [0.1, 0.15) is 0 Å². The zero-order valence-electron chi connectivity index (χ0n) is 13.5. The molecular formula is C16H29NO2. The molecule has 1 saturated heterocycles. The number of likely N-dealkylation sites (tertiary alicyclic amines) is 1. The summed E-state index contributed by atoms with van der Waals surface area (Å²) in [7, 11) is 0. The van der Waals surface area contributed by atoms with Gasteiger partial charge in [0, 0.05) is 18.9 Å². The molecule has 0 spiro atoms. The number of rotatable bonds is 2. The van der Waals surface area contributed by atoms with Crippen LogP contribution in [0.25, 0.3) is 0 Å². The van der Waals surface area contributed by atoms with E-state index in [1.165, 1.54) is 4.90 Å². The molecule has 0 aromatic rings. The summed E-state index contributed by atoms with van der Waals surface area (Å²) >= 11 is 0. The topological polar surface area (TPSA) is 37.4 Å². The van der Waals surface area contributed by atoms with E-state index in [-0.39, 0.29) is 34.5 Å². The Labute approximate surface area is 117 Å². The van der Waals surface area contributed by atoms with Gasteiger partial charge in [0.15, 0.2) is 0 Å². The summed E-state index contributed by atoms with van der Waals surface area (Å²) in [5, 5.41) is 0. The minimum atomic E-state index is -0.109. The van der Waals surface area contributed by atoms with Gasteiger partial charge in [-0.05, 0) is 23.2 Å². The molecule has 1 fully saturated rings. The number of amides is 2. The lowest BCUT2D eigenvalue weighted by atomic mass is 9.61. The van der Waals surface area contributed by atoms with Gasteiger partial charge in [0.05, 0.1) is 0 Å². The predicted molar refractivity (Wildman–Crippen MR) is 77.5 cm³/mol. The molecule has 0 aliphatic carbocycles. The van der Waals surface area contributed by atoms with Gasteiger partial charge in [-0.25, -0.2) is 0 Å². The summed E-state index contributed by atoms with van der Waals surface area (Å²) in [6.45, 7) is 15.3. The van der Waals surface area contributed by atoms with Crippen LogP contribution < -0.4 is 0 Å². The number of hydrogen-bond donors (Lipinski definition) is 0. The van der Waals surface area contributed by atoms with Crippen LogP contribution in [-0.2, 0) is 9.59 Å². The number of nitrogens with zero attached hydrogens (tertiary/aromatic N) is 1. The number of piperidine rings is 1. The maximum absolute atomic E-state index is 12.7. The Morgan fingerprint density at radius 2 is 1.58 bits per heavy atom. The quantitative estimate of drug-likeness (QED) is 0.718. The van der Waals surface area contributed by atoms with Gasteiger partial charge in [-0.1, -0.05) is 48.5 Å². The molecule has 1 aliphatic rings. The third-order valence-electron chi connectivity index (χ3n) is 4.12. The lowest BCUT2D eigenvalue weighted by Gasteiger charge is -2.47. The normalized spacial score (nSPS) is 25.9. The minimum absolute atomic E-state index is 0.00674. The first-order valence-corrected chi connectivity index (χ1v) is 7.34. The summed E-state index contributed by atoms with van der Waals surface area (Å²) in [6, 6.07) is 0. The molecule has 2 unspecified atom stereocenters. The van der Waals surface area contributed by atoms with Gasteiger partial charge in [-0.2, -0.15) is 0 Å². The lowest BCUT2D eigenvalue weighted by molar-refractivity contribution is -0.162. The molecule has 110 valence electrons. The first-order chi connectivity index (χ1) is 8.50. The van der Waals surface area contributed by atoms with E-state index in [0.717, 1.165) is 6.42 Å². The highest BCUT2D eigenvalue weighted by atomic mass is 16.2. The molecular weight excluding hydrogens is 238 g/mol. The van der Waals surface area contributed by atoms with Crippen LogP contribution in [0.15, 0.2) is 0 Å². The van der Waals surface area contributed by atoms with Crippen molar-refractivity contribution in [3.05, 3.63) is 0 Å². The van der Waals surface area contributed by atoms with Crippen molar-refractivity contribution in [3.8, 4) is 0 Å². The average molecular weight is 267 g/mol. The zero-order chi connectivity index (χ0) is 15.0. The molecule has 0 radical (unpaired) electrons. The predicted octanol–water partition coefficient (Wildman–Crippen LogP) is 3.48. The lowest BCUT2D eigenvalue weighted by Crippen LogP contribution is -2.55. The molecule has 1 heterocycles. The van der Waals surface area contributed by atoms with Crippen molar-refractivity contribution in [1.82, 2.24) is 4.90 Å². The highest BCUT2D eigenvalue weighted by molar-refractivity contribution is 5.99. The summed E-state index contributed by atoms with van der Waals surface area (Å²) < 4.78 is 0. The van der Waals surface area contributed by atoms with Crippen LogP contribution in [0, 0.1) is 22.7 Å². The molecule has 1 rings (SSSR count). The monoisotopic (exact) mass is 267 g/mol. The Morgan fingerprint density at radius 3 is 1.95 bits per heavy atom. The van der Waals surface area contributed by atoms with Crippen LogP contribution >= 0.6 is 0 Å². The van der Waals surface area contributed by atoms with Crippen LogP contribution in [-0.4, -0.2) is 23.3 Å². The maximum Gasteiger partial charge on any atom is 0.233 e. The zero-order valence-corrected chi connectivity index (χ0v) is 13.5. The molecule has 0 bridgehead atoms. The SMILES string of the molecule is CCCN1C(=O)CC(C(C)(C)C)C(C(C)(C)C)C1=O. The van der Waals surface area contributed by atoms with E-state index in [1.54, 1.807) is 0 Å². The van der Waals surface area contributed by atoms with Gasteiger partial charge in [0.25, 0.3) is 0 Å². The third-order valence-corrected chi connectivity index (χ3v) is 4.12. The molecule has 0 aromatic heterocycles. The third kappa shape index (κ3) is 3.37. The maximum atomic E-state index is 12.7. The average Bonchev–Trinajstić information content (AvgIpc) is 2.19. The number of hydrogen-bond acceptors (Lipinski definition) is 2. The first kappa shape index (κ1) is 16.2. The van der Waals surface area contributed by atoms with Crippen molar-refractivity contribution in [1.29, 1.82) is 0 Å². The molecule has 3 heteroatoms. The van der Waals surface area contributed by atoms with Gasteiger partial charge >= 0.3 is 0 Å². The smallest absolute Gasteiger partial charge is 0.233 e. The van der Waals surface area contributed by atoms with E-state index < -0.39 is 0 Å². The van der Waals surface area contributed by atoms with Crippen molar-refractivity contribution < 1.29 is 9.59 Å². The van der Waals surface area contributed by atoms with E-state index in [0.29, 0.717) is 13.0 Å². The highest BCUT2D eigenvalue weighted by Gasteiger charge is 2.50. The molecule has 0 aromatic carbocycles. The number of imide groups is 1. The second kappa shape index (κ2) is 5.26. The van der Waals surface area contributed by atoms with Crippen molar-refractivity contribution in [3.63, 3.8) is 0 Å². The standard InChI is InChI=1S/C16H29NO2/c1-8-9-17-12(18)10-11(15(2,3)4)13(14(17)19)16(5,6)7/h11,13H,8-10H2,1-7H3. The van der Waals surface area contributed by atoms with E-state index in [4.69, 9.17) is 0 Å². The second-order valence-corrected chi connectivity index (χ2v) is 7.90. The molecule has 0 N–H and O–H groups in total. The summed E-state index contributed by atoms with van der Waals surface area (Å²) in [6.07, 6.45) is 1.33. The van der Waals surface area contributed by atoms with Crippen LogP contribution in [0.1, 0.15) is 61.3 Å². The van der Waals surface area contributed by atoms with Crippen LogP contribution in [0.2, 0.25) is 0 Å². The Balaban J connectivity index is 3.17. The Bertz CT molecular complexity index is 360. The Morgan fingerprint density at radius 1 is 1.05 bits per heavy atom. The fourth-order valence-electron chi connectivity index (χ4n) is 3.12. The van der Waals surface area contributed by atoms with E-state index >= 15 is 0 Å². The fourth-order valence-corrected chi connectivity index (χ4v) is 3.12. The fraction of sp³-hybridized carbons (Fsp3) is 0.875. The highest BCUT2D eigenvalue weighted by Crippen LogP contribution is 2.46. The summed E-state index contributed by atoms with van der Waals surface area (Å²) in [4.78, 5) is 26.4. The first-order valence-electron chi connectivity index (χ1n) is 7.34. The van der Waals surface area contributed by atoms with Crippen LogP contribution in [0.5, 0.6) is 0 Å². The number of carbonyl (C=O) groups is 2. The minimum Gasteiger partial charge on any atom is -0.282 e. The molecule has 3 nitrogen and oxygen atoms in total. The number of carbonyl (C=O) groups excluding carboxylic acids is 2. The summed E-state index contributed by atoms with van der Waals surface area (Å²) in [5.74, 6) is 0.0927. The molecule has 19 heavy (non-hydrogen) atoms. The molecule has 2 amide bonds. The van der Waals surface area contributed by atoms with Gasteiger partial charge in [-0.3, -0.25) is 14.5 Å². The van der Waals surface area contributed by atoms with Gasteiger partial charge in [-0.15, -0.1) is 0 Å².